The summed E-state index contributed by atoms with van der Waals surface area (Å²) in [6, 6.07) is 0. The van der Waals surface area contributed by atoms with E-state index in [0.29, 0.717) is 5.71 Å². The van der Waals surface area contributed by atoms with E-state index in [2.05, 4.69) is 9.99 Å². The molecule has 0 spiro atoms. The number of oxime groups is 1. The SMILES string of the molecule is CC(=O)O/N=C(\C)C1CCCCC1O. The van der Waals surface area contributed by atoms with Gasteiger partial charge in [0, 0.05) is 12.8 Å². The fraction of sp³-hybridized carbons (Fsp3) is 0.800. The molecule has 1 aliphatic rings. The predicted octanol–water partition coefficient (Wildman–Crippen LogP) is 1.48. The highest BCUT2D eigenvalue weighted by molar-refractivity contribution is 5.85. The Morgan fingerprint density at radius 3 is 2.57 bits per heavy atom. The minimum atomic E-state index is -0.422. The summed E-state index contributed by atoms with van der Waals surface area (Å²) < 4.78 is 0. The van der Waals surface area contributed by atoms with Crippen LogP contribution in [0.2, 0.25) is 0 Å². The van der Waals surface area contributed by atoms with Crippen molar-refractivity contribution < 1.29 is 14.7 Å². The first-order valence-electron chi connectivity index (χ1n) is 5.01. The average Bonchev–Trinajstić information content (AvgIpc) is 2.15. The summed E-state index contributed by atoms with van der Waals surface area (Å²) in [5.41, 5.74) is 0.715. The minimum Gasteiger partial charge on any atom is -0.392 e. The molecule has 1 saturated carbocycles. The molecule has 0 amide bonds. The van der Waals surface area contributed by atoms with Crippen molar-refractivity contribution in [2.75, 3.05) is 0 Å². The number of hydrogen-bond donors (Lipinski definition) is 1. The van der Waals surface area contributed by atoms with Gasteiger partial charge in [0.1, 0.15) is 0 Å². The van der Waals surface area contributed by atoms with Gasteiger partial charge in [0.05, 0.1) is 11.8 Å². The Morgan fingerprint density at radius 1 is 1.36 bits per heavy atom. The quantitative estimate of drug-likeness (QED) is 0.416. The Labute approximate surface area is 83.9 Å². The molecule has 0 heterocycles. The van der Waals surface area contributed by atoms with E-state index in [1.54, 1.807) is 6.92 Å². The first-order chi connectivity index (χ1) is 6.61. The number of rotatable bonds is 2. The molecule has 80 valence electrons. The van der Waals surface area contributed by atoms with E-state index in [9.17, 15) is 9.90 Å². The lowest BCUT2D eigenvalue weighted by Crippen LogP contribution is -2.30. The van der Waals surface area contributed by atoms with Gasteiger partial charge in [-0.05, 0) is 19.8 Å². The summed E-state index contributed by atoms with van der Waals surface area (Å²) >= 11 is 0. The molecule has 0 saturated heterocycles. The highest BCUT2D eigenvalue weighted by Gasteiger charge is 2.25. The van der Waals surface area contributed by atoms with E-state index in [4.69, 9.17) is 0 Å². The highest BCUT2D eigenvalue weighted by atomic mass is 16.7. The molecule has 0 aromatic carbocycles. The molecular formula is C10H17NO3. The topological polar surface area (TPSA) is 58.9 Å². The molecule has 2 unspecified atom stereocenters. The summed E-state index contributed by atoms with van der Waals surface area (Å²) in [6.45, 7) is 3.11. The number of nitrogens with zero attached hydrogens (tertiary/aromatic N) is 1. The number of aliphatic hydroxyl groups is 1. The number of aliphatic hydroxyl groups excluding tert-OH is 1. The van der Waals surface area contributed by atoms with Crippen LogP contribution in [-0.4, -0.2) is 22.9 Å². The van der Waals surface area contributed by atoms with E-state index in [1.165, 1.54) is 6.92 Å². The smallest absolute Gasteiger partial charge is 0.331 e. The lowest BCUT2D eigenvalue weighted by atomic mass is 9.84. The largest absolute Gasteiger partial charge is 0.392 e. The van der Waals surface area contributed by atoms with Gasteiger partial charge in [-0.2, -0.15) is 0 Å². The van der Waals surface area contributed by atoms with Gasteiger partial charge in [-0.15, -0.1) is 0 Å². The van der Waals surface area contributed by atoms with Crippen LogP contribution in [0.3, 0.4) is 0 Å². The third-order valence-electron chi connectivity index (χ3n) is 2.58. The molecule has 0 aliphatic heterocycles. The fourth-order valence-electron chi connectivity index (χ4n) is 1.80. The van der Waals surface area contributed by atoms with Crippen LogP contribution >= 0.6 is 0 Å². The zero-order chi connectivity index (χ0) is 10.6. The molecule has 1 fully saturated rings. The van der Waals surface area contributed by atoms with E-state index in [0.717, 1.165) is 25.7 Å². The second kappa shape index (κ2) is 5.10. The molecule has 4 heteroatoms. The predicted molar refractivity (Wildman–Crippen MR) is 52.8 cm³/mol. The van der Waals surface area contributed by atoms with Gasteiger partial charge in [-0.1, -0.05) is 18.0 Å². The summed E-state index contributed by atoms with van der Waals surface area (Å²) in [5.74, 6) is -0.363. The molecule has 0 bridgehead atoms. The van der Waals surface area contributed by atoms with Crippen LogP contribution in [0.1, 0.15) is 39.5 Å². The van der Waals surface area contributed by atoms with Crippen LogP contribution in [0.25, 0.3) is 0 Å². The van der Waals surface area contributed by atoms with Crippen molar-refractivity contribution in [3.05, 3.63) is 0 Å². The summed E-state index contributed by atoms with van der Waals surface area (Å²) in [5, 5.41) is 13.4. The third kappa shape index (κ3) is 3.10. The van der Waals surface area contributed by atoms with E-state index in [-0.39, 0.29) is 12.0 Å². The molecule has 1 N–H and O–H groups in total. The van der Waals surface area contributed by atoms with Gasteiger partial charge in [0.2, 0.25) is 0 Å². The zero-order valence-corrected chi connectivity index (χ0v) is 8.69. The maximum Gasteiger partial charge on any atom is 0.331 e. The van der Waals surface area contributed by atoms with Crippen molar-refractivity contribution in [2.45, 2.75) is 45.6 Å². The Balaban J connectivity index is 2.52. The van der Waals surface area contributed by atoms with Crippen LogP contribution in [0.15, 0.2) is 5.16 Å². The van der Waals surface area contributed by atoms with Gasteiger partial charge >= 0.3 is 5.97 Å². The Hall–Kier alpha value is -0.900. The summed E-state index contributed by atoms with van der Waals surface area (Å²) in [7, 11) is 0. The van der Waals surface area contributed by atoms with Crippen molar-refractivity contribution in [1.29, 1.82) is 0 Å². The van der Waals surface area contributed by atoms with Gasteiger partial charge in [0.25, 0.3) is 0 Å². The number of carbonyl (C=O) groups is 1. The van der Waals surface area contributed by atoms with Crippen LogP contribution in [-0.2, 0) is 9.63 Å². The van der Waals surface area contributed by atoms with Crippen LogP contribution in [0, 0.1) is 5.92 Å². The van der Waals surface area contributed by atoms with Crippen LogP contribution in [0.4, 0.5) is 0 Å². The van der Waals surface area contributed by atoms with E-state index >= 15 is 0 Å². The van der Waals surface area contributed by atoms with Crippen molar-refractivity contribution in [2.24, 2.45) is 11.1 Å². The number of carbonyl (C=O) groups excluding carboxylic acids is 1. The maximum atomic E-state index is 10.5. The molecule has 0 aromatic heterocycles. The Bertz CT molecular complexity index is 238. The monoisotopic (exact) mass is 199 g/mol. The molecule has 4 nitrogen and oxygen atoms in total. The Kier molecular flexibility index (Phi) is 4.07. The van der Waals surface area contributed by atoms with Crippen molar-refractivity contribution in [3.8, 4) is 0 Å². The molecular weight excluding hydrogens is 182 g/mol. The van der Waals surface area contributed by atoms with E-state index in [1.807, 2.05) is 0 Å². The van der Waals surface area contributed by atoms with Crippen LogP contribution < -0.4 is 0 Å². The van der Waals surface area contributed by atoms with Gasteiger partial charge in [-0.25, -0.2) is 4.79 Å². The third-order valence-corrected chi connectivity index (χ3v) is 2.58. The molecule has 1 aliphatic carbocycles. The van der Waals surface area contributed by atoms with Crippen molar-refractivity contribution in [3.63, 3.8) is 0 Å². The zero-order valence-electron chi connectivity index (χ0n) is 8.69. The summed E-state index contributed by atoms with van der Waals surface area (Å²) in [4.78, 5) is 15.1. The standard InChI is InChI=1S/C10H17NO3/c1-7(11-14-8(2)12)9-5-3-4-6-10(9)13/h9-10,13H,3-6H2,1-2H3/b11-7+. The van der Waals surface area contributed by atoms with E-state index < -0.39 is 5.97 Å². The van der Waals surface area contributed by atoms with Gasteiger partial charge < -0.3 is 9.94 Å². The lowest BCUT2D eigenvalue weighted by Gasteiger charge is -2.26. The van der Waals surface area contributed by atoms with Gasteiger partial charge in [0.15, 0.2) is 0 Å². The first kappa shape index (κ1) is 11.2. The van der Waals surface area contributed by atoms with Crippen molar-refractivity contribution in [1.82, 2.24) is 0 Å². The molecule has 1 rings (SSSR count). The maximum absolute atomic E-state index is 10.5. The fourth-order valence-corrected chi connectivity index (χ4v) is 1.80. The van der Waals surface area contributed by atoms with Crippen molar-refractivity contribution >= 4 is 11.7 Å². The minimum absolute atomic E-state index is 0.0584. The second-order valence-electron chi connectivity index (χ2n) is 3.77. The molecule has 2 atom stereocenters. The highest BCUT2D eigenvalue weighted by Crippen LogP contribution is 2.25. The number of hydrogen-bond acceptors (Lipinski definition) is 4. The summed E-state index contributed by atoms with van der Waals surface area (Å²) in [6.07, 6.45) is 3.59. The normalized spacial score (nSPS) is 28.6. The molecule has 0 aromatic rings. The first-order valence-corrected chi connectivity index (χ1v) is 5.01. The molecule has 14 heavy (non-hydrogen) atoms. The average molecular weight is 199 g/mol. The lowest BCUT2D eigenvalue weighted by molar-refractivity contribution is -0.141. The molecule has 0 radical (unpaired) electrons. The second-order valence-corrected chi connectivity index (χ2v) is 3.77. The Morgan fingerprint density at radius 2 is 2.00 bits per heavy atom. The van der Waals surface area contributed by atoms with Gasteiger partial charge in [-0.3, -0.25) is 0 Å². The van der Waals surface area contributed by atoms with Crippen LogP contribution in [0.5, 0.6) is 0 Å².